The van der Waals surface area contributed by atoms with E-state index >= 15 is 0 Å². The van der Waals surface area contributed by atoms with Crippen LogP contribution in [0.2, 0.25) is 5.02 Å². The molecule has 0 aromatic heterocycles. The Morgan fingerprint density at radius 3 is 1.67 bits per heavy atom. The van der Waals surface area contributed by atoms with Crippen molar-refractivity contribution in [1.29, 1.82) is 0 Å². The maximum atomic E-state index is 6.21. The van der Waals surface area contributed by atoms with Crippen molar-refractivity contribution < 1.29 is 0 Å². The predicted molar refractivity (Wildman–Crippen MR) is 93.8 cm³/mol. The van der Waals surface area contributed by atoms with Gasteiger partial charge in [-0.05, 0) is 42.5 Å². The predicted octanol–water partition coefficient (Wildman–Crippen LogP) is 6.57. The second-order valence-corrected chi connectivity index (χ2v) is 5.99. The Hall–Kier alpha value is -1.77. The van der Waals surface area contributed by atoms with Crippen LogP contribution in [-0.4, -0.2) is 0 Å². The van der Waals surface area contributed by atoms with E-state index in [1.54, 1.807) is 0 Å². The third-order valence-corrected chi connectivity index (χ3v) is 3.81. The lowest BCUT2D eigenvalue weighted by Crippen LogP contribution is -2.09. The van der Waals surface area contributed by atoms with Crippen LogP contribution in [0, 0.1) is 0 Å². The fourth-order valence-electron chi connectivity index (χ4n) is 2.27. The van der Waals surface area contributed by atoms with E-state index in [4.69, 9.17) is 11.6 Å². The van der Waals surface area contributed by atoms with Gasteiger partial charge in [0.15, 0.2) is 0 Å². The summed E-state index contributed by atoms with van der Waals surface area (Å²) in [6.45, 7) is 0. The molecule has 0 radical (unpaired) electrons. The summed E-state index contributed by atoms with van der Waals surface area (Å²) in [6, 6.07) is 26.4. The molecule has 0 N–H and O–H groups in total. The number of rotatable bonds is 3. The van der Waals surface area contributed by atoms with Crippen molar-refractivity contribution in [2.24, 2.45) is 0 Å². The molecule has 0 aliphatic carbocycles. The maximum Gasteiger partial charge on any atom is 0.0487 e. The number of hydrogen-bond donors (Lipinski definition) is 0. The van der Waals surface area contributed by atoms with Gasteiger partial charge in [-0.3, -0.25) is 0 Å². The molecule has 0 spiro atoms. The molecule has 3 aromatic carbocycles. The van der Waals surface area contributed by atoms with Gasteiger partial charge in [0.25, 0.3) is 0 Å². The van der Waals surface area contributed by atoms with Crippen LogP contribution in [0.25, 0.3) is 0 Å². The van der Waals surface area contributed by atoms with Crippen LogP contribution in [-0.2, 0) is 0 Å². The van der Waals surface area contributed by atoms with Crippen molar-refractivity contribution in [2.45, 2.75) is 0 Å². The van der Waals surface area contributed by atoms with E-state index in [1.807, 2.05) is 48.5 Å². The molecule has 3 aromatic rings. The van der Waals surface area contributed by atoms with Gasteiger partial charge in [-0.2, -0.15) is 0 Å². The highest BCUT2D eigenvalue weighted by molar-refractivity contribution is 9.10. The van der Waals surface area contributed by atoms with Crippen molar-refractivity contribution in [3.8, 4) is 0 Å². The number of halogens is 2. The Balaban J connectivity index is 2.17. The zero-order valence-electron chi connectivity index (χ0n) is 11.2. The monoisotopic (exact) mass is 357 g/mol. The molecule has 21 heavy (non-hydrogen) atoms. The maximum absolute atomic E-state index is 6.21. The molecular formula is C18H13BrClN. The zero-order valence-corrected chi connectivity index (χ0v) is 13.6. The summed E-state index contributed by atoms with van der Waals surface area (Å²) in [6.07, 6.45) is 0. The van der Waals surface area contributed by atoms with Crippen LogP contribution in [0.3, 0.4) is 0 Å². The average molecular weight is 359 g/mol. The van der Waals surface area contributed by atoms with E-state index in [1.165, 1.54) is 0 Å². The summed E-state index contributed by atoms with van der Waals surface area (Å²) in [5.41, 5.74) is 3.21. The highest BCUT2D eigenvalue weighted by Crippen LogP contribution is 2.36. The van der Waals surface area contributed by atoms with E-state index in [-0.39, 0.29) is 0 Å². The standard InChI is InChI=1S/C18H13BrClN/c19-14-11-15(20)13-18(12-14)21(16-7-3-1-4-8-16)17-9-5-2-6-10-17/h1-13H. The van der Waals surface area contributed by atoms with Gasteiger partial charge in [-0.25, -0.2) is 0 Å². The summed E-state index contributed by atoms with van der Waals surface area (Å²) >= 11 is 9.73. The van der Waals surface area contributed by atoms with Gasteiger partial charge < -0.3 is 4.90 Å². The van der Waals surface area contributed by atoms with Crippen molar-refractivity contribution in [1.82, 2.24) is 0 Å². The number of benzene rings is 3. The van der Waals surface area contributed by atoms with E-state index < -0.39 is 0 Å². The molecular weight excluding hydrogens is 346 g/mol. The SMILES string of the molecule is Clc1cc(Br)cc(N(c2ccccc2)c2ccccc2)c1. The second-order valence-electron chi connectivity index (χ2n) is 4.63. The van der Waals surface area contributed by atoms with E-state index in [0.717, 1.165) is 21.5 Å². The number of anilines is 3. The first-order valence-electron chi connectivity index (χ1n) is 6.60. The lowest BCUT2D eigenvalue weighted by Gasteiger charge is -2.25. The molecule has 3 rings (SSSR count). The topological polar surface area (TPSA) is 3.24 Å². The fourth-order valence-corrected chi connectivity index (χ4v) is 3.11. The molecule has 104 valence electrons. The Labute approximate surface area is 137 Å². The second kappa shape index (κ2) is 6.33. The highest BCUT2D eigenvalue weighted by Gasteiger charge is 2.12. The van der Waals surface area contributed by atoms with Crippen LogP contribution in [0.15, 0.2) is 83.3 Å². The number of nitrogens with zero attached hydrogens (tertiary/aromatic N) is 1. The quantitative estimate of drug-likeness (QED) is 0.511. The third-order valence-electron chi connectivity index (χ3n) is 3.13. The van der Waals surface area contributed by atoms with Crippen LogP contribution in [0.5, 0.6) is 0 Å². The van der Waals surface area contributed by atoms with Gasteiger partial charge in [0, 0.05) is 26.6 Å². The molecule has 0 heterocycles. The lowest BCUT2D eigenvalue weighted by atomic mass is 10.2. The van der Waals surface area contributed by atoms with Crippen molar-refractivity contribution in [3.05, 3.63) is 88.4 Å². The zero-order chi connectivity index (χ0) is 14.7. The Morgan fingerprint density at radius 1 is 0.667 bits per heavy atom. The van der Waals surface area contributed by atoms with Crippen LogP contribution in [0.1, 0.15) is 0 Å². The largest absolute Gasteiger partial charge is 0.310 e. The Bertz CT molecular complexity index is 669. The van der Waals surface area contributed by atoms with Gasteiger partial charge in [0.2, 0.25) is 0 Å². The Morgan fingerprint density at radius 2 is 1.19 bits per heavy atom. The molecule has 1 nitrogen and oxygen atoms in total. The minimum Gasteiger partial charge on any atom is -0.310 e. The highest BCUT2D eigenvalue weighted by atomic mass is 79.9. The molecule has 0 unspecified atom stereocenters. The van der Waals surface area contributed by atoms with E-state index in [0.29, 0.717) is 5.02 Å². The summed E-state index contributed by atoms with van der Waals surface area (Å²) in [4.78, 5) is 2.18. The molecule has 0 saturated heterocycles. The van der Waals surface area contributed by atoms with Crippen molar-refractivity contribution in [2.75, 3.05) is 4.90 Å². The van der Waals surface area contributed by atoms with Crippen LogP contribution >= 0.6 is 27.5 Å². The Kier molecular flexibility index (Phi) is 4.28. The minimum atomic E-state index is 0.705. The molecule has 0 saturated carbocycles. The van der Waals surface area contributed by atoms with Gasteiger partial charge in [-0.15, -0.1) is 0 Å². The molecule has 0 fully saturated rings. The molecule has 0 amide bonds. The first kappa shape index (κ1) is 14.2. The van der Waals surface area contributed by atoms with Crippen molar-refractivity contribution in [3.63, 3.8) is 0 Å². The minimum absolute atomic E-state index is 0.705. The lowest BCUT2D eigenvalue weighted by molar-refractivity contribution is 1.28. The van der Waals surface area contributed by atoms with Gasteiger partial charge in [0.05, 0.1) is 0 Å². The summed E-state index contributed by atoms with van der Waals surface area (Å²) in [5, 5.41) is 0.705. The summed E-state index contributed by atoms with van der Waals surface area (Å²) < 4.78 is 0.960. The van der Waals surface area contributed by atoms with Crippen LogP contribution < -0.4 is 4.90 Å². The number of hydrogen-bond acceptors (Lipinski definition) is 1. The summed E-state index contributed by atoms with van der Waals surface area (Å²) in [5.74, 6) is 0. The van der Waals surface area contributed by atoms with E-state index in [9.17, 15) is 0 Å². The molecule has 0 aliphatic rings. The normalized spacial score (nSPS) is 10.4. The fraction of sp³-hybridized carbons (Fsp3) is 0. The average Bonchev–Trinajstić information content (AvgIpc) is 2.49. The molecule has 0 atom stereocenters. The van der Waals surface area contributed by atoms with Gasteiger partial charge >= 0.3 is 0 Å². The number of para-hydroxylation sites is 2. The third kappa shape index (κ3) is 3.29. The van der Waals surface area contributed by atoms with Crippen molar-refractivity contribution >= 4 is 44.6 Å². The van der Waals surface area contributed by atoms with Crippen LogP contribution in [0.4, 0.5) is 17.1 Å². The van der Waals surface area contributed by atoms with Gasteiger partial charge in [-0.1, -0.05) is 63.9 Å². The molecule has 0 bridgehead atoms. The van der Waals surface area contributed by atoms with Gasteiger partial charge in [0.1, 0.15) is 0 Å². The summed E-state index contributed by atoms with van der Waals surface area (Å²) in [7, 11) is 0. The molecule has 3 heteroatoms. The molecule has 0 aliphatic heterocycles. The first-order valence-corrected chi connectivity index (χ1v) is 7.77. The smallest absolute Gasteiger partial charge is 0.0487 e. The van der Waals surface area contributed by atoms with E-state index in [2.05, 4.69) is 51.2 Å². The first-order chi connectivity index (χ1) is 10.2.